The second-order valence-electron chi connectivity index (χ2n) is 10.9. The van der Waals surface area contributed by atoms with Crippen LogP contribution in [0.5, 0.6) is 0 Å². The highest BCUT2D eigenvalue weighted by Gasteiger charge is 2.83. The quantitative estimate of drug-likeness (QED) is 0.295. The molecule has 8 unspecified atom stereocenters. The standard InChI is InChI=1S/C25H32O8/c1-12(2)20(27)32-19-18-14(4)16-9-23(11-30-15(5)26)21(28)31-17-8-7-13(3)22(19,6)24(17,29)10-25(18,23)33-16/h13,16-17,19,29H,1,7-11H2,2-6H3. The minimum atomic E-state index is -1.50. The first-order chi connectivity index (χ1) is 15.3. The third-order valence-corrected chi connectivity index (χ3v) is 9.40. The molecule has 0 radical (unpaired) electrons. The average Bonchev–Trinajstić information content (AvgIpc) is 3.17. The molecule has 2 saturated carbocycles. The Morgan fingerprint density at radius 3 is 2.61 bits per heavy atom. The molecule has 2 saturated heterocycles. The van der Waals surface area contributed by atoms with E-state index >= 15 is 0 Å². The number of carbonyl (C=O) groups excluding carboxylic acids is 3. The fraction of sp³-hybridized carbons (Fsp3) is 0.720. The number of carbonyl (C=O) groups is 3. The molecular formula is C25H32O8. The molecule has 180 valence electrons. The summed E-state index contributed by atoms with van der Waals surface area (Å²) >= 11 is 0. The highest BCUT2D eigenvalue weighted by atomic mass is 16.6. The van der Waals surface area contributed by atoms with E-state index in [0.717, 1.165) is 5.57 Å². The van der Waals surface area contributed by atoms with Crippen LogP contribution < -0.4 is 0 Å². The van der Waals surface area contributed by atoms with E-state index in [2.05, 4.69) is 6.58 Å². The van der Waals surface area contributed by atoms with E-state index < -0.39 is 58.3 Å². The van der Waals surface area contributed by atoms with Crippen LogP contribution in [0.15, 0.2) is 23.3 Å². The maximum absolute atomic E-state index is 13.8. The number of hydrogen-bond donors (Lipinski definition) is 1. The Hall–Kier alpha value is -2.19. The molecular weight excluding hydrogens is 428 g/mol. The molecule has 4 fully saturated rings. The summed E-state index contributed by atoms with van der Waals surface area (Å²) in [6.45, 7) is 12.3. The number of rotatable bonds is 4. The molecule has 8 nitrogen and oxygen atoms in total. The van der Waals surface area contributed by atoms with Crippen molar-refractivity contribution in [1.29, 1.82) is 0 Å². The van der Waals surface area contributed by atoms with Crippen molar-refractivity contribution in [3.05, 3.63) is 23.3 Å². The molecule has 0 aromatic rings. The number of hydrogen-bond acceptors (Lipinski definition) is 8. The molecule has 5 rings (SSSR count). The SMILES string of the molecule is C=C(C)C(=O)OC1C2=C(C)C3CC4(COC(C)=O)C(=O)OC5CCC(C)C1(C)C5(O)CC24O3. The summed E-state index contributed by atoms with van der Waals surface area (Å²) < 4.78 is 24.1. The zero-order valence-corrected chi connectivity index (χ0v) is 19.9. The van der Waals surface area contributed by atoms with Gasteiger partial charge in [-0.25, -0.2) is 4.79 Å². The van der Waals surface area contributed by atoms with Crippen LogP contribution in [0.25, 0.3) is 0 Å². The van der Waals surface area contributed by atoms with Gasteiger partial charge < -0.3 is 24.1 Å². The van der Waals surface area contributed by atoms with E-state index in [4.69, 9.17) is 18.9 Å². The van der Waals surface area contributed by atoms with Gasteiger partial charge in [-0.3, -0.25) is 9.59 Å². The Kier molecular flexibility index (Phi) is 4.58. The fourth-order valence-corrected chi connectivity index (χ4v) is 7.34. The molecule has 5 aliphatic rings. The summed E-state index contributed by atoms with van der Waals surface area (Å²) in [5.74, 6) is -1.63. The van der Waals surface area contributed by atoms with Crippen molar-refractivity contribution in [2.24, 2.45) is 16.7 Å². The lowest BCUT2D eigenvalue weighted by Crippen LogP contribution is -2.73. The minimum absolute atomic E-state index is 0.0295. The number of ether oxygens (including phenoxy) is 4. The normalized spacial score (nSPS) is 47.0. The zero-order valence-electron chi connectivity index (χ0n) is 19.9. The van der Waals surface area contributed by atoms with Crippen molar-refractivity contribution in [2.45, 2.75) is 89.8 Å². The molecule has 1 N–H and O–H groups in total. The first kappa shape index (κ1) is 22.6. The largest absolute Gasteiger partial charge is 0.465 e. The van der Waals surface area contributed by atoms with Gasteiger partial charge in [-0.1, -0.05) is 20.4 Å². The first-order valence-electron chi connectivity index (χ1n) is 11.7. The van der Waals surface area contributed by atoms with E-state index in [-0.39, 0.29) is 30.9 Å². The topological polar surface area (TPSA) is 108 Å². The van der Waals surface area contributed by atoms with E-state index in [0.29, 0.717) is 18.4 Å². The third-order valence-electron chi connectivity index (χ3n) is 9.40. The number of aliphatic hydroxyl groups is 1. The number of fused-ring (bicyclic) bond motifs is 1. The molecule has 8 heteroatoms. The summed E-state index contributed by atoms with van der Waals surface area (Å²) in [6.07, 6.45) is -0.466. The summed E-state index contributed by atoms with van der Waals surface area (Å²) in [5.41, 5.74) is -3.16. The van der Waals surface area contributed by atoms with E-state index in [1.807, 2.05) is 20.8 Å². The van der Waals surface area contributed by atoms with Crippen LogP contribution in [0, 0.1) is 16.7 Å². The van der Waals surface area contributed by atoms with Crippen LogP contribution in [-0.2, 0) is 33.3 Å². The van der Waals surface area contributed by atoms with Crippen molar-refractivity contribution in [3.8, 4) is 0 Å². The third kappa shape index (κ3) is 2.46. The van der Waals surface area contributed by atoms with Gasteiger partial charge in [-0.05, 0) is 38.2 Å². The highest BCUT2D eigenvalue weighted by Crippen LogP contribution is 2.72. The molecule has 1 spiro atoms. The summed E-state index contributed by atoms with van der Waals surface area (Å²) in [5, 5.41) is 12.4. The van der Waals surface area contributed by atoms with E-state index in [1.54, 1.807) is 6.92 Å². The van der Waals surface area contributed by atoms with Gasteiger partial charge in [0.1, 0.15) is 35.4 Å². The van der Waals surface area contributed by atoms with Gasteiger partial charge in [0.05, 0.1) is 6.10 Å². The van der Waals surface area contributed by atoms with Gasteiger partial charge >= 0.3 is 17.9 Å². The van der Waals surface area contributed by atoms with Crippen LogP contribution in [0.3, 0.4) is 0 Å². The number of esters is 3. The molecule has 0 aromatic heterocycles. The summed E-state index contributed by atoms with van der Waals surface area (Å²) in [6, 6.07) is 0. The Bertz CT molecular complexity index is 1010. The predicted molar refractivity (Wildman–Crippen MR) is 115 cm³/mol. The van der Waals surface area contributed by atoms with Gasteiger partial charge in [-0.2, -0.15) is 0 Å². The van der Waals surface area contributed by atoms with Crippen molar-refractivity contribution in [3.63, 3.8) is 0 Å². The molecule has 2 aliphatic carbocycles. The molecule has 0 amide bonds. The lowest BCUT2D eigenvalue weighted by atomic mass is 9.44. The van der Waals surface area contributed by atoms with Gasteiger partial charge in [0.2, 0.25) is 0 Å². The Labute approximate surface area is 193 Å². The van der Waals surface area contributed by atoms with E-state index in [9.17, 15) is 19.5 Å². The lowest BCUT2D eigenvalue weighted by Gasteiger charge is -2.63. The van der Waals surface area contributed by atoms with Gasteiger partial charge in [-0.15, -0.1) is 0 Å². The van der Waals surface area contributed by atoms with Crippen LogP contribution in [0.2, 0.25) is 0 Å². The second-order valence-corrected chi connectivity index (χ2v) is 10.9. The van der Waals surface area contributed by atoms with Crippen LogP contribution in [-0.4, -0.2) is 59.1 Å². The Morgan fingerprint density at radius 1 is 1.27 bits per heavy atom. The fourth-order valence-electron chi connectivity index (χ4n) is 7.34. The second kappa shape index (κ2) is 6.69. The Balaban J connectivity index is 1.77. The van der Waals surface area contributed by atoms with Crippen molar-refractivity contribution >= 4 is 17.9 Å². The zero-order chi connectivity index (χ0) is 24.1. The van der Waals surface area contributed by atoms with Crippen molar-refractivity contribution < 1.29 is 38.4 Å². The summed E-state index contributed by atoms with van der Waals surface area (Å²) in [4.78, 5) is 38.4. The molecule has 3 heterocycles. The average molecular weight is 461 g/mol. The maximum atomic E-state index is 13.8. The van der Waals surface area contributed by atoms with Crippen LogP contribution in [0.1, 0.15) is 60.3 Å². The molecule has 33 heavy (non-hydrogen) atoms. The molecule has 0 aromatic carbocycles. The van der Waals surface area contributed by atoms with Crippen molar-refractivity contribution in [1.82, 2.24) is 0 Å². The molecule has 3 bridgehead atoms. The smallest absolute Gasteiger partial charge is 0.333 e. The first-order valence-corrected chi connectivity index (χ1v) is 11.7. The maximum Gasteiger partial charge on any atom is 0.333 e. The van der Waals surface area contributed by atoms with Gasteiger partial charge in [0, 0.05) is 36.3 Å². The van der Waals surface area contributed by atoms with Gasteiger partial charge in [0.25, 0.3) is 0 Å². The monoisotopic (exact) mass is 460 g/mol. The Morgan fingerprint density at radius 2 is 1.97 bits per heavy atom. The van der Waals surface area contributed by atoms with Crippen LogP contribution in [0.4, 0.5) is 0 Å². The minimum Gasteiger partial charge on any atom is -0.465 e. The van der Waals surface area contributed by atoms with Crippen LogP contribution >= 0.6 is 0 Å². The lowest BCUT2D eigenvalue weighted by molar-refractivity contribution is -0.263. The van der Waals surface area contributed by atoms with E-state index in [1.165, 1.54) is 6.92 Å². The van der Waals surface area contributed by atoms with Crippen molar-refractivity contribution in [2.75, 3.05) is 6.61 Å². The van der Waals surface area contributed by atoms with Gasteiger partial charge in [0.15, 0.2) is 0 Å². The molecule has 3 aliphatic heterocycles. The highest BCUT2D eigenvalue weighted by molar-refractivity contribution is 5.88. The molecule has 8 atom stereocenters. The summed E-state index contributed by atoms with van der Waals surface area (Å²) in [7, 11) is 0. The predicted octanol–water partition coefficient (Wildman–Crippen LogP) is 2.38.